The number of benzene rings is 2. The molecule has 138 valence electrons. The molecule has 0 unspecified atom stereocenters. The molecule has 1 saturated heterocycles. The van der Waals surface area contributed by atoms with Crippen molar-refractivity contribution in [3.05, 3.63) is 65.7 Å². The van der Waals surface area contributed by atoms with E-state index >= 15 is 0 Å². The highest BCUT2D eigenvalue weighted by atomic mass is 16.2. The molecule has 0 bridgehead atoms. The van der Waals surface area contributed by atoms with Crippen LogP contribution in [0.3, 0.4) is 0 Å². The van der Waals surface area contributed by atoms with Gasteiger partial charge >= 0.3 is 0 Å². The van der Waals surface area contributed by atoms with Crippen LogP contribution in [0.25, 0.3) is 0 Å². The summed E-state index contributed by atoms with van der Waals surface area (Å²) in [5.41, 5.74) is 3.79. The van der Waals surface area contributed by atoms with Gasteiger partial charge in [-0.05, 0) is 31.5 Å². The molecule has 1 atom stereocenters. The molecule has 2 aromatic carbocycles. The maximum absolute atomic E-state index is 12.9. The fraction of sp³-hybridized carbons (Fsp3) is 0.409. The van der Waals surface area contributed by atoms with Crippen LogP contribution in [-0.2, 0) is 11.3 Å². The number of hydrogen-bond acceptors (Lipinski definition) is 1. The summed E-state index contributed by atoms with van der Waals surface area (Å²) >= 11 is 0. The van der Waals surface area contributed by atoms with Crippen molar-refractivity contribution in [3.63, 3.8) is 0 Å². The van der Waals surface area contributed by atoms with Gasteiger partial charge in [-0.15, -0.1) is 0 Å². The summed E-state index contributed by atoms with van der Waals surface area (Å²) in [6.07, 6.45) is 0. The van der Waals surface area contributed by atoms with Crippen LogP contribution in [-0.4, -0.2) is 45.2 Å². The van der Waals surface area contributed by atoms with Crippen molar-refractivity contribution in [1.82, 2.24) is 0 Å². The first-order valence-electron chi connectivity index (χ1n) is 9.61. The Morgan fingerprint density at radius 1 is 1.00 bits per heavy atom. The largest absolute Gasteiger partial charge is 0.322 e. The standard InChI is InChI=1S/C22H29N3O/c1-18-9-7-8-10-20(18)17-24-13-15-25(16-14-24)19(2)22(26)23(3)21-11-5-4-6-12-21/h4-12,19H,13-17H2,1-3H3/p+2/t19-/m1/s1. The number of nitrogens with one attached hydrogen (secondary N) is 2. The van der Waals surface area contributed by atoms with Crippen LogP contribution in [0.1, 0.15) is 18.1 Å². The topological polar surface area (TPSA) is 29.2 Å². The highest BCUT2D eigenvalue weighted by Gasteiger charge is 2.33. The number of carbonyl (C=O) groups is 1. The summed E-state index contributed by atoms with van der Waals surface area (Å²) in [4.78, 5) is 17.7. The lowest BCUT2D eigenvalue weighted by Gasteiger charge is -2.34. The summed E-state index contributed by atoms with van der Waals surface area (Å²) in [6, 6.07) is 18.6. The molecule has 0 aliphatic carbocycles. The highest BCUT2D eigenvalue weighted by Crippen LogP contribution is 2.11. The Labute approximate surface area is 157 Å². The van der Waals surface area contributed by atoms with Gasteiger partial charge in [0.15, 0.2) is 6.04 Å². The average Bonchev–Trinajstić information content (AvgIpc) is 2.69. The molecule has 4 heteroatoms. The zero-order valence-corrected chi connectivity index (χ0v) is 16.2. The Kier molecular flexibility index (Phi) is 6.07. The zero-order valence-electron chi connectivity index (χ0n) is 16.2. The third kappa shape index (κ3) is 4.32. The minimum atomic E-state index is 0.000201. The summed E-state index contributed by atoms with van der Waals surface area (Å²) in [5.74, 6) is 0.202. The van der Waals surface area contributed by atoms with E-state index < -0.39 is 0 Å². The maximum Gasteiger partial charge on any atom is 0.284 e. The molecule has 0 radical (unpaired) electrons. The van der Waals surface area contributed by atoms with Gasteiger partial charge < -0.3 is 14.7 Å². The van der Waals surface area contributed by atoms with Crippen LogP contribution in [0.2, 0.25) is 0 Å². The highest BCUT2D eigenvalue weighted by molar-refractivity contribution is 5.95. The number of amides is 1. The predicted octanol–water partition coefficient (Wildman–Crippen LogP) is 0.330. The van der Waals surface area contributed by atoms with Crippen LogP contribution in [0.15, 0.2) is 54.6 Å². The SMILES string of the molecule is Cc1ccccc1C[NH+]1CC[NH+]([C@H](C)C(=O)N(C)c2ccccc2)CC1. The zero-order chi connectivity index (χ0) is 18.5. The number of anilines is 1. The number of hydrogen-bond donors (Lipinski definition) is 2. The lowest BCUT2D eigenvalue weighted by molar-refractivity contribution is -1.02. The minimum absolute atomic E-state index is 0.000201. The second-order valence-electron chi connectivity index (χ2n) is 7.47. The van der Waals surface area contributed by atoms with Gasteiger partial charge in [-0.3, -0.25) is 4.79 Å². The Hall–Kier alpha value is -2.17. The van der Waals surface area contributed by atoms with E-state index in [-0.39, 0.29) is 11.9 Å². The number of likely N-dealkylation sites (N-methyl/N-ethyl adjacent to an activating group) is 1. The maximum atomic E-state index is 12.9. The van der Waals surface area contributed by atoms with Crippen LogP contribution in [0.4, 0.5) is 5.69 Å². The molecule has 1 aliphatic rings. The van der Waals surface area contributed by atoms with E-state index in [1.165, 1.54) is 16.0 Å². The van der Waals surface area contributed by atoms with Gasteiger partial charge in [0.25, 0.3) is 5.91 Å². The number of rotatable bonds is 5. The number of piperazine rings is 1. The van der Waals surface area contributed by atoms with Crippen molar-refractivity contribution < 1.29 is 14.6 Å². The van der Waals surface area contributed by atoms with E-state index in [2.05, 4.69) is 38.1 Å². The predicted molar refractivity (Wildman–Crippen MR) is 106 cm³/mol. The average molecular weight is 354 g/mol. The smallest absolute Gasteiger partial charge is 0.284 e. The molecule has 3 rings (SSSR count). The third-order valence-corrected chi connectivity index (χ3v) is 5.76. The summed E-state index contributed by atoms with van der Waals surface area (Å²) in [5, 5.41) is 0. The Bertz CT molecular complexity index is 723. The van der Waals surface area contributed by atoms with Crippen LogP contribution < -0.4 is 14.7 Å². The normalized spacial score (nSPS) is 21.2. The van der Waals surface area contributed by atoms with Crippen molar-refractivity contribution in [2.24, 2.45) is 0 Å². The minimum Gasteiger partial charge on any atom is -0.322 e. The molecule has 2 N–H and O–H groups in total. The van der Waals surface area contributed by atoms with Gasteiger partial charge in [-0.2, -0.15) is 0 Å². The summed E-state index contributed by atoms with van der Waals surface area (Å²) in [7, 11) is 1.88. The van der Waals surface area contributed by atoms with E-state index in [9.17, 15) is 4.79 Å². The molecule has 1 heterocycles. The third-order valence-electron chi connectivity index (χ3n) is 5.76. The molecule has 0 aromatic heterocycles. The van der Waals surface area contributed by atoms with E-state index in [1.54, 1.807) is 9.80 Å². The van der Waals surface area contributed by atoms with Gasteiger partial charge in [0, 0.05) is 18.3 Å². The molecule has 1 aliphatic heterocycles. The van der Waals surface area contributed by atoms with E-state index in [0.717, 1.165) is 38.4 Å². The number of nitrogens with zero attached hydrogens (tertiary/aromatic N) is 1. The first-order chi connectivity index (χ1) is 12.6. The van der Waals surface area contributed by atoms with Crippen LogP contribution in [0.5, 0.6) is 0 Å². The second kappa shape index (κ2) is 8.47. The van der Waals surface area contributed by atoms with Crippen LogP contribution >= 0.6 is 0 Å². The molecule has 26 heavy (non-hydrogen) atoms. The summed E-state index contributed by atoms with van der Waals surface area (Å²) in [6.45, 7) is 9.70. The lowest BCUT2D eigenvalue weighted by atomic mass is 10.1. The molecular weight excluding hydrogens is 322 g/mol. The number of carbonyl (C=O) groups excluding carboxylic acids is 1. The second-order valence-corrected chi connectivity index (χ2v) is 7.47. The quantitative estimate of drug-likeness (QED) is 0.797. The molecule has 1 fully saturated rings. The first-order valence-corrected chi connectivity index (χ1v) is 9.61. The van der Waals surface area contributed by atoms with Gasteiger partial charge in [0.2, 0.25) is 0 Å². The van der Waals surface area contributed by atoms with Crippen molar-refractivity contribution in [1.29, 1.82) is 0 Å². The van der Waals surface area contributed by atoms with Crippen molar-refractivity contribution in [2.45, 2.75) is 26.4 Å². The van der Waals surface area contributed by atoms with E-state index in [0.29, 0.717) is 0 Å². The van der Waals surface area contributed by atoms with Gasteiger partial charge in [0.1, 0.15) is 32.7 Å². The number of para-hydroxylation sites is 1. The molecule has 2 aromatic rings. The fourth-order valence-corrected chi connectivity index (χ4v) is 3.86. The molecular formula is C22H31N3O+2. The van der Waals surface area contributed by atoms with Crippen molar-refractivity contribution in [2.75, 3.05) is 38.1 Å². The first kappa shape index (κ1) is 18.6. The molecule has 0 spiro atoms. The van der Waals surface area contributed by atoms with E-state index in [1.807, 2.05) is 37.4 Å². The Morgan fingerprint density at radius 3 is 2.27 bits per heavy atom. The molecule has 4 nitrogen and oxygen atoms in total. The van der Waals surface area contributed by atoms with Gasteiger partial charge in [0.05, 0.1) is 0 Å². The van der Waals surface area contributed by atoms with E-state index in [4.69, 9.17) is 0 Å². The number of aryl methyl sites for hydroxylation is 1. The lowest BCUT2D eigenvalue weighted by Crippen LogP contribution is -3.29. The van der Waals surface area contributed by atoms with Crippen molar-refractivity contribution >= 4 is 11.6 Å². The Morgan fingerprint density at radius 2 is 1.62 bits per heavy atom. The van der Waals surface area contributed by atoms with Gasteiger partial charge in [-0.1, -0.05) is 42.5 Å². The van der Waals surface area contributed by atoms with Crippen LogP contribution in [0, 0.1) is 6.92 Å². The van der Waals surface area contributed by atoms with Gasteiger partial charge in [-0.25, -0.2) is 0 Å². The monoisotopic (exact) mass is 353 g/mol. The Balaban J connectivity index is 1.54. The molecule has 0 saturated carbocycles. The van der Waals surface area contributed by atoms with Crippen molar-refractivity contribution in [3.8, 4) is 0 Å². The summed E-state index contributed by atoms with van der Waals surface area (Å²) < 4.78 is 0. The molecule has 1 amide bonds. The number of quaternary nitrogens is 2. The fourth-order valence-electron chi connectivity index (χ4n) is 3.86.